The van der Waals surface area contributed by atoms with Crippen LogP contribution in [-0.4, -0.2) is 25.4 Å². The molecule has 0 aliphatic heterocycles. The zero-order chi connectivity index (χ0) is 17.1. The highest BCUT2D eigenvalue weighted by atomic mass is 19.1. The number of aldehydes is 1. The molecule has 3 nitrogen and oxygen atoms in total. The highest BCUT2D eigenvalue weighted by Crippen LogP contribution is 2.36. The third-order valence-corrected chi connectivity index (χ3v) is 3.81. The minimum absolute atomic E-state index is 0.282. The normalized spacial score (nSPS) is 11.1. The average Bonchev–Trinajstić information content (AvgIpc) is 2.59. The monoisotopic (exact) mass is 320 g/mol. The Morgan fingerprint density at radius 2 is 1.75 bits per heavy atom. The van der Waals surface area contributed by atoms with Crippen molar-refractivity contribution in [2.24, 2.45) is 0 Å². The van der Waals surface area contributed by atoms with Gasteiger partial charge < -0.3 is 4.90 Å². The number of aromatic nitrogens is 1. The van der Waals surface area contributed by atoms with Crippen molar-refractivity contribution in [3.8, 4) is 11.1 Å². The van der Waals surface area contributed by atoms with Gasteiger partial charge in [-0.3, -0.25) is 4.79 Å². The number of anilines is 1. The Labute approximate surface area is 140 Å². The van der Waals surface area contributed by atoms with Crippen LogP contribution in [0.15, 0.2) is 54.6 Å². The molecule has 0 N–H and O–H groups in total. The molecule has 1 aromatic heterocycles. The summed E-state index contributed by atoms with van der Waals surface area (Å²) in [4.78, 5) is 17.5. The summed E-state index contributed by atoms with van der Waals surface area (Å²) < 4.78 is 13.3. The van der Waals surface area contributed by atoms with Crippen molar-refractivity contribution in [2.75, 3.05) is 19.0 Å². The van der Waals surface area contributed by atoms with Crippen LogP contribution in [-0.2, 0) is 4.79 Å². The molecule has 0 bridgehead atoms. The number of para-hydroxylation sites is 1. The number of nitrogens with zero attached hydrogens (tertiary/aromatic N) is 2. The SMILES string of the molecule is CN(C)c1nc2ccccc2c(-c2ccc(F)cc2)c1/C=C/C=O. The lowest BCUT2D eigenvalue weighted by Gasteiger charge is -2.20. The smallest absolute Gasteiger partial charge is 0.142 e. The minimum Gasteiger partial charge on any atom is -0.362 e. The molecule has 3 aromatic rings. The quantitative estimate of drug-likeness (QED) is 0.530. The first-order valence-electron chi connectivity index (χ1n) is 7.59. The van der Waals surface area contributed by atoms with E-state index in [1.165, 1.54) is 18.2 Å². The molecular weight excluding hydrogens is 303 g/mol. The highest BCUT2D eigenvalue weighted by Gasteiger charge is 2.16. The lowest BCUT2D eigenvalue weighted by atomic mass is 9.95. The molecule has 0 saturated carbocycles. The molecule has 3 rings (SSSR count). The Hall–Kier alpha value is -3.01. The molecule has 0 radical (unpaired) electrons. The van der Waals surface area contributed by atoms with Gasteiger partial charge in [-0.05, 0) is 35.9 Å². The minimum atomic E-state index is -0.282. The average molecular weight is 320 g/mol. The molecule has 0 amide bonds. The predicted octanol–water partition coefficient (Wildman–Crippen LogP) is 4.32. The molecule has 4 heteroatoms. The standard InChI is InChI=1S/C20H17FN2O/c1-23(2)20-17(7-5-13-24)19(14-9-11-15(21)12-10-14)16-6-3-4-8-18(16)22-20/h3-13H,1-2H3/b7-5+. The lowest BCUT2D eigenvalue weighted by molar-refractivity contribution is -0.104. The van der Waals surface area contributed by atoms with E-state index in [1.54, 1.807) is 18.2 Å². The molecule has 0 aliphatic rings. The van der Waals surface area contributed by atoms with Crippen LogP contribution in [0.5, 0.6) is 0 Å². The number of carbonyl (C=O) groups excluding carboxylic acids is 1. The second-order valence-corrected chi connectivity index (χ2v) is 5.64. The number of fused-ring (bicyclic) bond motifs is 1. The van der Waals surface area contributed by atoms with Crippen molar-refractivity contribution in [1.82, 2.24) is 4.98 Å². The maximum absolute atomic E-state index is 13.3. The van der Waals surface area contributed by atoms with E-state index in [4.69, 9.17) is 4.98 Å². The Balaban J connectivity index is 2.43. The Morgan fingerprint density at radius 1 is 1.04 bits per heavy atom. The third kappa shape index (κ3) is 2.91. The Bertz CT molecular complexity index is 915. The van der Waals surface area contributed by atoms with Crippen LogP contribution in [0.2, 0.25) is 0 Å². The van der Waals surface area contributed by atoms with E-state index in [1.807, 2.05) is 43.3 Å². The van der Waals surface area contributed by atoms with Crippen molar-refractivity contribution in [3.63, 3.8) is 0 Å². The number of halogens is 1. The van der Waals surface area contributed by atoms with Gasteiger partial charge in [-0.1, -0.05) is 30.3 Å². The summed E-state index contributed by atoms with van der Waals surface area (Å²) in [5.74, 6) is 0.473. The highest BCUT2D eigenvalue weighted by molar-refractivity contribution is 6.02. The largest absolute Gasteiger partial charge is 0.362 e. The van der Waals surface area contributed by atoms with Crippen LogP contribution in [0.4, 0.5) is 10.2 Å². The van der Waals surface area contributed by atoms with Crippen LogP contribution in [0.25, 0.3) is 28.1 Å². The van der Waals surface area contributed by atoms with Crippen LogP contribution in [0.1, 0.15) is 5.56 Å². The summed E-state index contributed by atoms with van der Waals surface area (Å²) >= 11 is 0. The number of carbonyl (C=O) groups is 1. The number of hydrogen-bond acceptors (Lipinski definition) is 3. The molecule has 0 unspecified atom stereocenters. The molecule has 0 saturated heterocycles. The van der Waals surface area contributed by atoms with E-state index in [-0.39, 0.29) is 5.82 Å². The summed E-state index contributed by atoms with van der Waals surface area (Å²) in [6, 6.07) is 14.2. The van der Waals surface area contributed by atoms with Gasteiger partial charge in [0.2, 0.25) is 0 Å². The van der Waals surface area contributed by atoms with E-state index in [0.717, 1.165) is 39.7 Å². The molecule has 24 heavy (non-hydrogen) atoms. The van der Waals surface area contributed by atoms with E-state index >= 15 is 0 Å². The first-order chi connectivity index (χ1) is 11.6. The number of allylic oxidation sites excluding steroid dienone is 1. The van der Waals surface area contributed by atoms with Gasteiger partial charge in [-0.15, -0.1) is 0 Å². The fourth-order valence-corrected chi connectivity index (χ4v) is 2.78. The topological polar surface area (TPSA) is 33.2 Å². The van der Waals surface area contributed by atoms with Crippen LogP contribution >= 0.6 is 0 Å². The van der Waals surface area contributed by atoms with Crippen molar-refractivity contribution in [2.45, 2.75) is 0 Å². The van der Waals surface area contributed by atoms with Gasteiger partial charge in [-0.25, -0.2) is 9.37 Å². The Kier molecular flexibility index (Phi) is 4.38. The van der Waals surface area contributed by atoms with E-state index < -0.39 is 0 Å². The third-order valence-electron chi connectivity index (χ3n) is 3.81. The summed E-state index contributed by atoms with van der Waals surface area (Å²) in [7, 11) is 3.81. The van der Waals surface area contributed by atoms with E-state index in [2.05, 4.69) is 0 Å². The second kappa shape index (κ2) is 6.62. The van der Waals surface area contributed by atoms with Gasteiger partial charge >= 0.3 is 0 Å². The lowest BCUT2D eigenvalue weighted by Crippen LogP contribution is -2.13. The number of hydrogen-bond donors (Lipinski definition) is 0. The fourth-order valence-electron chi connectivity index (χ4n) is 2.78. The number of benzene rings is 2. The molecule has 120 valence electrons. The van der Waals surface area contributed by atoms with E-state index in [9.17, 15) is 9.18 Å². The van der Waals surface area contributed by atoms with Gasteiger partial charge in [0.1, 0.15) is 17.9 Å². The molecule has 0 spiro atoms. The van der Waals surface area contributed by atoms with Crippen LogP contribution in [0.3, 0.4) is 0 Å². The first kappa shape index (κ1) is 15.9. The zero-order valence-corrected chi connectivity index (χ0v) is 13.5. The summed E-state index contributed by atoms with van der Waals surface area (Å²) in [6.45, 7) is 0. The van der Waals surface area contributed by atoms with Gasteiger partial charge in [-0.2, -0.15) is 0 Å². The summed E-state index contributed by atoms with van der Waals surface area (Å²) in [6.07, 6.45) is 3.94. The van der Waals surface area contributed by atoms with Gasteiger partial charge in [0.05, 0.1) is 5.52 Å². The molecule has 0 atom stereocenters. The van der Waals surface area contributed by atoms with Gasteiger partial charge in [0, 0.05) is 30.6 Å². The van der Waals surface area contributed by atoms with Crippen molar-refractivity contribution in [3.05, 3.63) is 66.0 Å². The Morgan fingerprint density at radius 3 is 2.42 bits per heavy atom. The van der Waals surface area contributed by atoms with Crippen molar-refractivity contribution in [1.29, 1.82) is 0 Å². The van der Waals surface area contributed by atoms with Crippen LogP contribution in [0, 0.1) is 5.82 Å². The van der Waals surface area contributed by atoms with Crippen LogP contribution < -0.4 is 4.90 Å². The fraction of sp³-hybridized carbons (Fsp3) is 0.100. The number of pyridine rings is 1. The molecule has 1 heterocycles. The van der Waals surface area contributed by atoms with Gasteiger partial charge in [0.15, 0.2) is 0 Å². The molecule has 0 fully saturated rings. The zero-order valence-electron chi connectivity index (χ0n) is 13.5. The van der Waals surface area contributed by atoms with Gasteiger partial charge in [0.25, 0.3) is 0 Å². The summed E-state index contributed by atoms with van der Waals surface area (Å²) in [5.41, 5.74) is 3.49. The maximum atomic E-state index is 13.3. The van der Waals surface area contributed by atoms with Crippen molar-refractivity contribution < 1.29 is 9.18 Å². The maximum Gasteiger partial charge on any atom is 0.142 e. The molecule has 2 aromatic carbocycles. The van der Waals surface area contributed by atoms with E-state index in [0.29, 0.717) is 0 Å². The molecule has 0 aliphatic carbocycles. The molecular formula is C20H17FN2O. The summed E-state index contributed by atoms with van der Waals surface area (Å²) in [5, 5.41) is 0.959. The number of rotatable bonds is 4. The first-order valence-corrected chi connectivity index (χ1v) is 7.59. The predicted molar refractivity (Wildman–Crippen MR) is 96.6 cm³/mol. The second-order valence-electron chi connectivity index (χ2n) is 5.64. The van der Waals surface area contributed by atoms with Crippen molar-refractivity contribution >= 4 is 29.1 Å².